The molecule has 1 atom stereocenters. The minimum absolute atomic E-state index is 0.234. The maximum absolute atomic E-state index is 11.4. The van der Waals surface area contributed by atoms with Gasteiger partial charge in [0.2, 0.25) is 5.91 Å². The molecule has 18 heavy (non-hydrogen) atoms. The standard InChI is InChI=1S/C13H15N3OS/c1-16-8-9(6-7-12(16)17)14-13-15-10-4-2-3-5-11(10)18-13/h2-5,9H,6-8H2,1H3,(H,14,15). The van der Waals surface area contributed by atoms with Crippen LogP contribution in [-0.4, -0.2) is 35.4 Å². The number of hydrogen-bond donors (Lipinski definition) is 1. The number of rotatable bonds is 2. The minimum Gasteiger partial charge on any atom is -0.357 e. The fraction of sp³-hybridized carbons (Fsp3) is 0.385. The van der Waals surface area contributed by atoms with Crippen LogP contribution in [0.2, 0.25) is 0 Å². The quantitative estimate of drug-likeness (QED) is 0.902. The van der Waals surface area contributed by atoms with Gasteiger partial charge in [0.15, 0.2) is 5.13 Å². The summed E-state index contributed by atoms with van der Waals surface area (Å²) in [6, 6.07) is 8.44. The molecule has 1 fully saturated rings. The molecule has 0 spiro atoms. The van der Waals surface area contributed by atoms with Crippen molar-refractivity contribution in [1.29, 1.82) is 0 Å². The molecule has 0 radical (unpaired) electrons. The van der Waals surface area contributed by atoms with Gasteiger partial charge in [-0.25, -0.2) is 4.98 Å². The molecule has 1 saturated heterocycles. The molecule has 1 aliphatic rings. The highest BCUT2D eigenvalue weighted by Crippen LogP contribution is 2.27. The molecule has 1 amide bonds. The Bertz CT molecular complexity index is 547. The van der Waals surface area contributed by atoms with Crippen molar-refractivity contribution < 1.29 is 4.79 Å². The third-order valence-corrected chi connectivity index (χ3v) is 4.22. The van der Waals surface area contributed by atoms with E-state index in [0.29, 0.717) is 12.5 Å². The van der Waals surface area contributed by atoms with Gasteiger partial charge in [-0.05, 0) is 18.6 Å². The van der Waals surface area contributed by atoms with Crippen LogP contribution in [0.25, 0.3) is 10.2 Å². The molecule has 1 N–H and O–H groups in total. The number of carbonyl (C=O) groups is 1. The molecule has 1 aromatic carbocycles. The number of nitrogens with zero attached hydrogens (tertiary/aromatic N) is 2. The van der Waals surface area contributed by atoms with Crippen molar-refractivity contribution in [3.8, 4) is 0 Å². The SMILES string of the molecule is CN1CC(Nc2nc3ccccc3s2)CCC1=O. The van der Waals surface area contributed by atoms with Crippen molar-refractivity contribution in [1.82, 2.24) is 9.88 Å². The predicted octanol–water partition coefficient (Wildman–Crippen LogP) is 2.33. The summed E-state index contributed by atoms with van der Waals surface area (Å²) in [5.74, 6) is 0.234. The van der Waals surface area contributed by atoms with Gasteiger partial charge in [-0.15, -0.1) is 0 Å². The van der Waals surface area contributed by atoms with E-state index in [2.05, 4.69) is 16.4 Å². The molecule has 4 nitrogen and oxygen atoms in total. The van der Waals surface area contributed by atoms with E-state index in [9.17, 15) is 4.79 Å². The van der Waals surface area contributed by atoms with E-state index < -0.39 is 0 Å². The number of thiazole rings is 1. The second-order valence-corrected chi connectivity index (χ2v) is 5.67. The largest absolute Gasteiger partial charge is 0.357 e. The third-order valence-electron chi connectivity index (χ3n) is 3.25. The maximum atomic E-state index is 11.4. The minimum atomic E-state index is 0.234. The summed E-state index contributed by atoms with van der Waals surface area (Å²) in [5.41, 5.74) is 1.03. The lowest BCUT2D eigenvalue weighted by molar-refractivity contribution is -0.132. The first kappa shape index (κ1) is 11.5. The molecule has 1 unspecified atom stereocenters. The molecule has 5 heteroatoms. The van der Waals surface area contributed by atoms with E-state index in [0.717, 1.165) is 23.6 Å². The van der Waals surface area contributed by atoms with Crippen LogP contribution in [0, 0.1) is 0 Å². The first-order valence-corrected chi connectivity index (χ1v) is 6.90. The number of benzene rings is 1. The Morgan fingerprint density at radius 3 is 3.06 bits per heavy atom. The van der Waals surface area contributed by atoms with Crippen molar-refractivity contribution in [3.05, 3.63) is 24.3 Å². The van der Waals surface area contributed by atoms with Crippen LogP contribution in [0.4, 0.5) is 5.13 Å². The van der Waals surface area contributed by atoms with E-state index in [1.807, 2.05) is 25.2 Å². The lowest BCUT2D eigenvalue weighted by atomic mass is 10.1. The molecule has 2 heterocycles. The molecule has 0 aliphatic carbocycles. The Hall–Kier alpha value is -1.62. The Labute approximate surface area is 110 Å². The molecule has 2 aromatic rings. The number of fused-ring (bicyclic) bond motifs is 1. The third kappa shape index (κ3) is 2.18. The topological polar surface area (TPSA) is 45.2 Å². The fourth-order valence-corrected chi connectivity index (χ4v) is 3.18. The van der Waals surface area contributed by atoms with E-state index in [-0.39, 0.29) is 5.91 Å². The van der Waals surface area contributed by atoms with Gasteiger partial charge in [0.05, 0.1) is 10.2 Å². The fourth-order valence-electron chi connectivity index (χ4n) is 2.24. The van der Waals surface area contributed by atoms with E-state index in [1.165, 1.54) is 4.70 Å². The number of piperidine rings is 1. The van der Waals surface area contributed by atoms with Crippen LogP contribution in [-0.2, 0) is 4.79 Å². The number of likely N-dealkylation sites (tertiary alicyclic amines) is 1. The number of hydrogen-bond acceptors (Lipinski definition) is 4. The molecular weight excluding hydrogens is 246 g/mol. The van der Waals surface area contributed by atoms with Gasteiger partial charge < -0.3 is 10.2 Å². The molecule has 3 rings (SSSR count). The Balaban J connectivity index is 1.74. The average molecular weight is 261 g/mol. The lowest BCUT2D eigenvalue weighted by Gasteiger charge is -2.29. The summed E-state index contributed by atoms with van der Waals surface area (Å²) in [4.78, 5) is 17.8. The van der Waals surface area contributed by atoms with Crippen LogP contribution in [0.5, 0.6) is 0 Å². The zero-order valence-corrected chi connectivity index (χ0v) is 11.0. The van der Waals surface area contributed by atoms with Gasteiger partial charge in [0.25, 0.3) is 0 Å². The van der Waals surface area contributed by atoms with Crippen molar-refractivity contribution >= 4 is 32.6 Å². The molecule has 0 bridgehead atoms. The molecule has 1 aromatic heterocycles. The summed E-state index contributed by atoms with van der Waals surface area (Å²) in [6.07, 6.45) is 1.51. The highest BCUT2D eigenvalue weighted by atomic mass is 32.1. The molecular formula is C13H15N3OS. The first-order chi connectivity index (χ1) is 8.72. The number of carbonyl (C=O) groups excluding carboxylic acids is 1. The molecule has 1 aliphatic heterocycles. The summed E-state index contributed by atoms with van der Waals surface area (Å²) in [6.45, 7) is 0.759. The van der Waals surface area contributed by atoms with E-state index in [1.54, 1.807) is 16.2 Å². The summed E-state index contributed by atoms with van der Waals surface area (Å²) in [7, 11) is 1.86. The zero-order chi connectivity index (χ0) is 12.5. The Morgan fingerprint density at radius 1 is 1.44 bits per heavy atom. The van der Waals surface area contributed by atoms with Crippen LogP contribution >= 0.6 is 11.3 Å². The van der Waals surface area contributed by atoms with Crippen LogP contribution < -0.4 is 5.32 Å². The monoisotopic (exact) mass is 261 g/mol. The van der Waals surface area contributed by atoms with Gasteiger partial charge in [-0.2, -0.15) is 0 Å². The Morgan fingerprint density at radius 2 is 2.28 bits per heavy atom. The van der Waals surface area contributed by atoms with Crippen molar-refractivity contribution in [3.63, 3.8) is 0 Å². The van der Waals surface area contributed by atoms with Gasteiger partial charge in [0, 0.05) is 26.1 Å². The second kappa shape index (κ2) is 4.57. The smallest absolute Gasteiger partial charge is 0.222 e. The zero-order valence-electron chi connectivity index (χ0n) is 10.2. The van der Waals surface area contributed by atoms with Crippen molar-refractivity contribution in [2.24, 2.45) is 0 Å². The van der Waals surface area contributed by atoms with E-state index in [4.69, 9.17) is 0 Å². The molecule has 0 saturated carbocycles. The first-order valence-electron chi connectivity index (χ1n) is 6.08. The van der Waals surface area contributed by atoms with Crippen molar-refractivity contribution in [2.45, 2.75) is 18.9 Å². The Kier molecular flexibility index (Phi) is 2.91. The van der Waals surface area contributed by atoms with Crippen LogP contribution in [0.15, 0.2) is 24.3 Å². The number of para-hydroxylation sites is 1. The highest BCUT2D eigenvalue weighted by Gasteiger charge is 2.23. The van der Waals surface area contributed by atoms with E-state index >= 15 is 0 Å². The maximum Gasteiger partial charge on any atom is 0.222 e. The number of nitrogens with one attached hydrogen (secondary N) is 1. The molecule has 94 valence electrons. The summed E-state index contributed by atoms with van der Waals surface area (Å²) >= 11 is 1.67. The average Bonchev–Trinajstić information content (AvgIpc) is 2.76. The van der Waals surface area contributed by atoms with Gasteiger partial charge in [-0.3, -0.25) is 4.79 Å². The number of likely N-dealkylation sites (N-methyl/N-ethyl adjacent to an activating group) is 1. The predicted molar refractivity (Wildman–Crippen MR) is 73.9 cm³/mol. The summed E-state index contributed by atoms with van der Waals surface area (Å²) in [5, 5.41) is 4.38. The van der Waals surface area contributed by atoms with Gasteiger partial charge >= 0.3 is 0 Å². The normalized spacial score (nSPS) is 20.4. The second-order valence-electron chi connectivity index (χ2n) is 4.64. The summed E-state index contributed by atoms with van der Waals surface area (Å²) < 4.78 is 1.19. The number of amides is 1. The van der Waals surface area contributed by atoms with Gasteiger partial charge in [-0.1, -0.05) is 23.5 Å². The van der Waals surface area contributed by atoms with Crippen molar-refractivity contribution in [2.75, 3.05) is 18.9 Å². The number of aromatic nitrogens is 1. The number of anilines is 1. The van der Waals surface area contributed by atoms with Gasteiger partial charge in [0.1, 0.15) is 0 Å². The van der Waals surface area contributed by atoms with Crippen LogP contribution in [0.3, 0.4) is 0 Å². The van der Waals surface area contributed by atoms with Crippen LogP contribution in [0.1, 0.15) is 12.8 Å². The highest BCUT2D eigenvalue weighted by molar-refractivity contribution is 7.22. The lowest BCUT2D eigenvalue weighted by Crippen LogP contribution is -2.43.